The van der Waals surface area contributed by atoms with Crippen molar-refractivity contribution in [1.82, 2.24) is 30.2 Å². The van der Waals surface area contributed by atoms with Crippen LogP contribution in [0.25, 0.3) is 0 Å². The Morgan fingerprint density at radius 1 is 0.588 bits per heavy atom. The number of benzene rings is 1. The summed E-state index contributed by atoms with van der Waals surface area (Å²) < 4.78 is 0. The average Bonchev–Trinajstić information content (AvgIpc) is 1.64. The minimum atomic E-state index is -0.346. The van der Waals surface area contributed by atoms with Gasteiger partial charge in [-0.2, -0.15) is 19.8 Å². The molecule has 8 nitrogen and oxygen atoms in total. The topological polar surface area (TPSA) is 81.1 Å². The van der Waals surface area contributed by atoms with Crippen LogP contribution in [0.3, 0.4) is 0 Å². The second kappa shape index (κ2) is 66.2. The Labute approximate surface area is 642 Å². The molecule has 7 fully saturated rings. The molecule has 0 amide bonds. The maximum atomic E-state index is 7.57. The molecule has 1 unspecified atom stereocenters. The van der Waals surface area contributed by atoms with E-state index in [9.17, 15) is 0 Å². The first-order valence-corrected chi connectivity index (χ1v) is 55.0. The predicted molar refractivity (Wildman–Crippen MR) is 445 cm³/mol. The zero-order valence-corrected chi connectivity index (χ0v) is 75.4. The molecular weight excluding hydrogens is 1550 g/mol. The fraction of sp³-hybridized carbons (Fsp3) is 0.821. The summed E-state index contributed by atoms with van der Waals surface area (Å²) in [5.74, 6) is 1.65. The molecule has 2 aliphatic heterocycles. The van der Waals surface area contributed by atoms with Gasteiger partial charge in [0.15, 0.2) is 0 Å². The van der Waals surface area contributed by atoms with Crippen LogP contribution in [0.2, 0.25) is 0 Å². The van der Waals surface area contributed by atoms with E-state index in [1.165, 1.54) is 185 Å². The Hall–Kier alpha value is 2.01. The van der Waals surface area contributed by atoms with Crippen LogP contribution in [0.1, 0.15) is 290 Å². The molecule has 0 saturated heterocycles. The second-order valence-electron chi connectivity index (χ2n) is 29.8. The number of nitrogens with zero attached hydrogens (tertiary/aromatic N) is 4. The van der Waals surface area contributed by atoms with Gasteiger partial charge in [0.25, 0.3) is 0 Å². The maximum absolute atomic E-state index is 7.57. The molecule has 19 heteroatoms. The number of hydrogen-bond acceptors (Lipinski definition) is 8. The first-order valence-electron chi connectivity index (χ1n) is 38.3. The number of halogens is 4. The van der Waals surface area contributed by atoms with E-state index in [4.69, 9.17) is 49.0 Å². The monoisotopic (exact) mass is 1700 g/mol. The summed E-state index contributed by atoms with van der Waals surface area (Å²) in [7, 11) is 30.7. The molecule has 7 aliphatic carbocycles. The van der Waals surface area contributed by atoms with Gasteiger partial charge < -0.3 is 49.7 Å². The number of rotatable bonds is 18. The van der Waals surface area contributed by atoms with Gasteiger partial charge in [0.1, 0.15) is 0 Å². The van der Waals surface area contributed by atoms with Crippen LogP contribution < -0.4 is 10.6 Å². The molecule has 97 heavy (non-hydrogen) atoms. The van der Waals surface area contributed by atoms with Crippen molar-refractivity contribution in [3.8, 4) is 0 Å². The molecule has 2 heterocycles. The van der Waals surface area contributed by atoms with E-state index in [2.05, 4.69) is 92.3 Å². The predicted octanol–water partition coefficient (Wildman–Crippen LogP) is 25.9. The Morgan fingerprint density at radius 2 is 0.856 bits per heavy atom. The SMILES string of the molecule is C1CCC(P(CCNCCP(C2CCCCC2)C2CCCCC2)C2CCCCC2)CC1.CC(C)(C)C1CCCCC1.CCO.CN1C=CN(C)[CH-]1.CN1C=CN(C)[CH-]1.Cc1ccc(C(C)C)cc1.N=PP.[CH2-]CCNCC[PH+](C1CCCCC1)C1CCCCC1.[CH3-].[Cl][Ru+2][Cl].[Cl][Ru][Cl]. The summed E-state index contributed by atoms with van der Waals surface area (Å²) in [6.07, 6.45) is 67.5. The molecule has 10 rings (SSSR count). The fourth-order valence-electron chi connectivity index (χ4n) is 15.8. The average molecular weight is 1700 g/mol. The summed E-state index contributed by atoms with van der Waals surface area (Å²) in [6, 6.07) is 8.71. The van der Waals surface area contributed by atoms with E-state index in [0.717, 1.165) is 52.8 Å². The molecule has 7 saturated carbocycles. The quantitative estimate of drug-likeness (QED) is 0.0505. The molecule has 574 valence electrons. The van der Waals surface area contributed by atoms with E-state index >= 15 is 0 Å². The standard InChI is InChI=1S/C28H53NP2.C17H33NP.C10H14.C10H20.2C5H9N2.C2H6O.CH3.4ClH.H3NP2.2Ru/c1-5-13-25(14-6-1)30(26-15-7-2-8-16-26)23-21-29-22-24-31(27-17-9-3-10-18-27)28-19-11-4-12-20-28;1-2-13-18-14-15-19(16-9-5-3-6-10-16)17-11-7-4-8-12-17;1-8(2)10-6-4-9(3)5-7-10;1-10(2,3)9-7-5-4-6-8-9;2*1-6-3-4-7(2)5-6;1-2-3;;;;;;1-3-2;;/h25-29H,1-24H2;16-18H,1-15H2;4-8H,1-3H3;9H,4-8H2,1-3H3;2*3-5H,1-2H3;3H,2H2,1H3;1H3;4*1H;1H,2H2;;/q;-1;;;2*-1;;-1;;;;;;+2;+4/p-3. The van der Waals surface area contributed by atoms with Crippen LogP contribution in [-0.2, 0) is 30.3 Å². The zero-order chi connectivity index (χ0) is 71.0. The first-order chi connectivity index (χ1) is 46.4. The molecule has 1 aromatic rings. The molecule has 0 radical (unpaired) electrons. The van der Waals surface area contributed by atoms with Crippen LogP contribution in [0.15, 0.2) is 49.1 Å². The van der Waals surface area contributed by atoms with Crippen LogP contribution >= 0.6 is 79.5 Å². The van der Waals surface area contributed by atoms with Gasteiger partial charge in [-0.1, -0.05) is 198 Å². The van der Waals surface area contributed by atoms with Crippen LogP contribution in [-0.4, -0.2) is 138 Å². The van der Waals surface area contributed by atoms with E-state index in [0.29, 0.717) is 19.4 Å². The fourth-order valence-corrected chi connectivity index (χ4v) is 27.6. The number of aliphatic hydroxyl groups is 1. The summed E-state index contributed by atoms with van der Waals surface area (Å²) in [4.78, 5) is 8.00. The molecule has 1 atom stereocenters. The van der Waals surface area contributed by atoms with Crippen molar-refractivity contribution in [2.24, 2.45) is 11.3 Å². The Balaban J connectivity index is 0.00000119. The third-order valence-corrected chi connectivity index (χ3v) is 32.2. The molecule has 9 aliphatic rings. The van der Waals surface area contributed by atoms with Gasteiger partial charge in [-0.25, -0.2) is 0 Å². The van der Waals surface area contributed by atoms with Crippen LogP contribution in [0.4, 0.5) is 0 Å². The molecule has 0 bridgehead atoms. The van der Waals surface area contributed by atoms with Gasteiger partial charge in [-0.05, 0) is 260 Å². The van der Waals surface area contributed by atoms with Gasteiger partial charge in [-0.3, -0.25) is 5.16 Å². The minimum absolute atomic E-state index is 0. The van der Waals surface area contributed by atoms with Gasteiger partial charge in [0, 0.05) is 29.1 Å². The molecule has 0 spiro atoms. The zero-order valence-electron chi connectivity index (χ0n) is 64.1. The summed E-state index contributed by atoms with van der Waals surface area (Å²) in [5.41, 5.74) is 10.2. The number of nitrogens with one attached hydrogen (secondary N) is 3. The number of aliphatic hydroxyl groups excluding tert-OH is 1. The van der Waals surface area contributed by atoms with Crippen molar-refractivity contribution in [3.05, 3.63) is 87.9 Å². The molecule has 0 aromatic heterocycles. The Bertz CT molecular complexity index is 1790. The second-order valence-corrected chi connectivity index (χ2v) is 45.3. The Morgan fingerprint density at radius 3 is 1.09 bits per heavy atom. The van der Waals surface area contributed by atoms with Crippen molar-refractivity contribution >= 4 is 79.5 Å². The van der Waals surface area contributed by atoms with Crippen molar-refractivity contribution in [1.29, 1.82) is 5.16 Å². The van der Waals surface area contributed by atoms with Crippen LogP contribution in [0.5, 0.6) is 0 Å². The summed E-state index contributed by atoms with van der Waals surface area (Å²) >= 11 is -0.691. The van der Waals surface area contributed by atoms with Gasteiger partial charge in [-0.15, -0.1) is 0 Å². The number of hydrogen-bond donors (Lipinski definition) is 4. The molecule has 1 aromatic carbocycles. The summed E-state index contributed by atoms with van der Waals surface area (Å²) in [5, 5.41) is 21.4. The van der Waals surface area contributed by atoms with Crippen molar-refractivity contribution in [2.45, 2.75) is 319 Å². The molecular formula is C78H151Cl4N7OP5Ru2-. The van der Waals surface area contributed by atoms with E-state index < -0.39 is 0 Å². The third kappa shape index (κ3) is 50.3. The third-order valence-electron chi connectivity index (χ3n) is 20.8. The van der Waals surface area contributed by atoms with E-state index in [1.807, 2.05) is 85.9 Å². The van der Waals surface area contributed by atoms with Crippen molar-refractivity contribution in [3.63, 3.8) is 0 Å². The van der Waals surface area contributed by atoms with Crippen LogP contribution in [0, 0.1) is 51.1 Å². The normalized spacial score (nSPS) is 19.9. The van der Waals surface area contributed by atoms with Gasteiger partial charge in [0.05, 0.1) is 17.5 Å². The van der Waals surface area contributed by atoms with Crippen molar-refractivity contribution in [2.75, 3.05) is 79.5 Å². The molecule has 4 N–H and O–H groups in total. The van der Waals surface area contributed by atoms with Gasteiger partial charge >= 0.3 is 69.1 Å². The van der Waals surface area contributed by atoms with Crippen molar-refractivity contribution < 1.29 is 35.4 Å². The first kappa shape index (κ1) is 99.0. The van der Waals surface area contributed by atoms with E-state index in [1.54, 1.807) is 96.3 Å². The van der Waals surface area contributed by atoms with E-state index in [-0.39, 0.29) is 68.1 Å². The summed E-state index contributed by atoms with van der Waals surface area (Å²) in [6.45, 7) is 28.6. The number of aryl methyl sites for hydroxylation is 1. The Kier molecular flexibility index (Phi) is 67.6. The van der Waals surface area contributed by atoms with Gasteiger partial charge in [0.2, 0.25) is 0 Å².